The van der Waals surface area contributed by atoms with Crippen LogP contribution in [0.2, 0.25) is 0 Å². The topological polar surface area (TPSA) is 46.5 Å². The van der Waals surface area contributed by atoms with Crippen molar-refractivity contribution in [3.63, 3.8) is 0 Å². The first-order chi connectivity index (χ1) is 9.15. The van der Waals surface area contributed by atoms with Crippen molar-refractivity contribution < 1.29 is 4.39 Å². The summed E-state index contributed by atoms with van der Waals surface area (Å²) in [7, 11) is 0. The smallest absolute Gasteiger partial charge is 0.178 e. The molecule has 0 unspecified atom stereocenters. The van der Waals surface area contributed by atoms with E-state index in [-0.39, 0.29) is 5.82 Å². The van der Waals surface area contributed by atoms with Crippen LogP contribution in [0.15, 0.2) is 34.9 Å². The molecule has 3 rings (SSSR count). The molecule has 3 aromatic rings. The highest BCUT2D eigenvalue weighted by molar-refractivity contribution is 9.10. The lowest BCUT2D eigenvalue weighted by Gasteiger charge is -2.03. The van der Waals surface area contributed by atoms with E-state index in [0.29, 0.717) is 21.3 Å². The average Bonchev–Trinajstić information content (AvgIpc) is 2.68. The Morgan fingerprint density at radius 1 is 1.42 bits per heavy atom. The Morgan fingerprint density at radius 2 is 2.26 bits per heavy atom. The van der Waals surface area contributed by atoms with Crippen molar-refractivity contribution in [2.24, 2.45) is 0 Å². The molecule has 2 heterocycles. The molecule has 0 radical (unpaired) electrons. The molecule has 4 nitrogen and oxygen atoms in total. The van der Waals surface area contributed by atoms with Gasteiger partial charge in [0.25, 0.3) is 0 Å². The van der Waals surface area contributed by atoms with Crippen LogP contribution in [0.25, 0.3) is 11.0 Å². The lowest BCUT2D eigenvalue weighted by atomic mass is 10.3. The molecule has 0 saturated heterocycles. The molecule has 2 aromatic heterocycles. The van der Waals surface area contributed by atoms with Gasteiger partial charge in [-0.1, -0.05) is 0 Å². The summed E-state index contributed by atoms with van der Waals surface area (Å²) in [5.74, 6) is -0.325. The molecule has 1 aromatic carbocycles. The van der Waals surface area contributed by atoms with Crippen LogP contribution in [0.3, 0.4) is 0 Å². The zero-order valence-corrected chi connectivity index (χ0v) is 12.0. The SMILES string of the molecule is Fc1cc2c(cc1Br)[nH]c(=S)n2Cc1cccnn1. The third kappa shape index (κ3) is 2.31. The number of benzene rings is 1. The monoisotopic (exact) mass is 338 g/mol. The molecule has 0 amide bonds. The first kappa shape index (κ1) is 12.4. The van der Waals surface area contributed by atoms with E-state index in [9.17, 15) is 4.39 Å². The third-order valence-electron chi connectivity index (χ3n) is 2.76. The Balaban J connectivity index is 2.16. The number of nitrogens with zero attached hydrogens (tertiary/aromatic N) is 3. The van der Waals surface area contributed by atoms with Gasteiger partial charge in [-0.2, -0.15) is 10.2 Å². The predicted octanol–water partition coefficient (Wildman–Crippen LogP) is 3.44. The highest BCUT2D eigenvalue weighted by Crippen LogP contribution is 2.23. The molecule has 96 valence electrons. The third-order valence-corrected chi connectivity index (χ3v) is 3.69. The molecule has 0 bridgehead atoms. The minimum absolute atomic E-state index is 0.325. The number of nitrogens with one attached hydrogen (secondary N) is 1. The predicted molar refractivity (Wildman–Crippen MR) is 75.9 cm³/mol. The molecule has 0 aliphatic carbocycles. The van der Waals surface area contributed by atoms with E-state index in [1.807, 2.05) is 6.07 Å². The maximum atomic E-state index is 13.6. The highest BCUT2D eigenvalue weighted by atomic mass is 79.9. The largest absolute Gasteiger partial charge is 0.331 e. The van der Waals surface area contributed by atoms with Crippen molar-refractivity contribution in [1.82, 2.24) is 19.7 Å². The molecular weight excluding hydrogens is 331 g/mol. The minimum atomic E-state index is -0.325. The Morgan fingerprint density at radius 3 is 3.00 bits per heavy atom. The van der Waals surface area contributed by atoms with Gasteiger partial charge in [0.05, 0.1) is 27.7 Å². The molecule has 0 fully saturated rings. The normalized spacial score (nSPS) is 11.1. The van der Waals surface area contributed by atoms with E-state index in [1.165, 1.54) is 6.07 Å². The van der Waals surface area contributed by atoms with Crippen LogP contribution in [0.4, 0.5) is 4.39 Å². The van der Waals surface area contributed by atoms with E-state index >= 15 is 0 Å². The number of aromatic nitrogens is 4. The fraction of sp³-hybridized carbons (Fsp3) is 0.0833. The number of H-pyrrole nitrogens is 1. The Labute approximate surface area is 121 Å². The van der Waals surface area contributed by atoms with Crippen molar-refractivity contribution >= 4 is 39.2 Å². The molecule has 1 N–H and O–H groups in total. The summed E-state index contributed by atoms with van der Waals surface area (Å²) in [6, 6.07) is 6.77. The Kier molecular flexibility index (Phi) is 3.16. The summed E-state index contributed by atoms with van der Waals surface area (Å²) in [6.07, 6.45) is 1.61. The summed E-state index contributed by atoms with van der Waals surface area (Å²) >= 11 is 8.42. The number of aromatic amines is 1. The number of rotatable bonds is 2. The molecule has 0 atom stereocenters. The van der Waals surface area contributed by atoms with Gasteiger partial charge in [-0.15, -0.1) is 0 Å². The maximum Gasteiger partial charge on any atom is 0.178 e. The van der Waals surface area contributed by atoms with Crippen LogP contribution in [0.1, 0.15) is 5.69 Å². The molecule has 7 heteroatoms. The van der Waals surface area contributed by atoms with E-state index in [4.69, 9.17) is 12.2 Å². The zero-order valence-electron chi connectivity index (χ0n) is 9.60. The Hall–Kier alpha value is -1.60. The highest BCUT2D eigenvalue weighted by Gasteiger charge is 2.09. The molecule has 19 heavy (non-hydrogen) atoms. The summed E-state index contributed by atoms with van der Waals surface area (Å²) in [4.78, 5) is 3.05. The lowest BCUT2D eigenvalue weighted by Crippen LogP contribution is -2.02. The number of hydrogen-bond donors (Lipinski definition) is 1. The summed E-state index contributed by atoms with van der Waals surface area (Å²) in [5.41, 5.74) is 2.25. The van der Waals surface area contributed by atoms with Crippen molar-refractivity contribution in [2.75, 3.05) is 0 Å². The summed E-state index contributed by atoms with van der Waals surface area (Å²) in [5, 5.41) is 7.82. The van der Waals surface area contributed by atoms with E-state index in [1.54, 1.807) is 22.9 Å². The van der Waals surface area contributed by atoms with Gasteiger partial charge in [0.2, 0.25) is 0 Å². The number of halogens is 2. The van der Waals surface area contributed by atoms with Crippen LogP contribution in [0, 0.1) is 10.6 Å². The van der Waals surface area contributed by atoms with Gasteiger partial charge >= 0.3 is 0 Å². The quantitative estimate of drug-likeness (QED) is 0.728. The standard InChI is InChI=1S/C12H8BrFN4S/c13-8-4-10-11(5-9(8)14)18(12(19)16-10)6-7-2-1-3-15-17-7/h1-5H,6H2,(H,16,19). The number of imidazole rings is 1. The molecular formula is C12H8BrFN4S. The minimum Gasteiger partial charge on any atom is -0.331 e. The van der Waals surface area contributed by atoms with Gasteiger partial charge in [-0.05, 0) is 46.3 Å². The lowest BCUT2D eigenvalue weighted by molar-refractivity contribution is 0.621. The van der Waals surface area contributed by atoms with Crippen molar-refractivity contribution in [2.45, 2.75) is 6.54 Å². The fourth-order valence-electron chi connectivity index (χ4n) is 1.89. The van der Waals surface area contributed by atoms with E-state index in [2.05, 4.69) is 31.1 Å². The van der Waals surface area contributed by atoms with Crippen molar-refractivity contribution in [3.05, 3.63) is 51.2 Å². The van der Waals surface area contributed by atoms with Crippen LogP contribution in [0.5, 0.6) is 0 Å². The van der Waals surface area contributed by atoms with Gasteiger partial charge in [-0.3, -0.25) is 0 Å². The summed E-state index contributed by atoms with van der Waals surface area (Å²) < 4.78 is 16.4. The molecule has 0 spiro atoms. The van der Waals surface area contributed by atoms with Gasteiger partial charge in [0, 0.05) is 12.3 Å². The van der Waals surface area contributed by atoms with E-state index in [0.717, 1.165) is 11.2 Å². The average molecular weight is 339 g/mol. The number of hydrogen-bond acceptors (Lipinski definition) is 3. The second-order valence-corrected chi connectivity index (χ2v) is 5.26. The van der Waals surface area contributed by atoms with Crippen LogP contribution >= 0.6 is 28.1 Å². The maximum absolute atomic E-state index is 13.6. The first-order valence-electron chi connectivity index (χ1n) is 5.49. The first-order valence-corrected chi connectivity index (χ1v) is 6.69. The van der Waals surface area contributed by atoms with Gasteiger partial charge in [0.15, 0.2) is 4.77 Å². The number of fused-ring (bicyclic) bond motifs is 1. The fourth-order valence-corrected chi connectivity index (χ4v) is 2.50. The van der Waals surface area contributed by atoms with E-state index < -0.39 is 0 Å². The van der Waals surface area contributed by atoms with Gasteiger partial charge in [-0.25, -0.2) is 4.39 Å². The Bertz CT molecular complexity index is 797. The van der Waals surface area contributed by atoms with Gasteiger partial charge in [0.1, 0.15) is 5.82 Å². The molecule has 0 aliphatic heterocycles. The second kappa shape index (κ2) is 4.82. The van der Waals surface area contributed by atoms with Crippen LogP contribution in [-0.4, -0.2) is 19.7 Å². The van der Waals surface area contributed by atoms with Crippen LogP contribution < -0.4 is 0 Å². The molecule has 0 saturated carbocycles. The van der Waals surface area contributed by atoms with Crippen molar-refractivity contribution in [1.29, 1.82) is 0 Å². The second-order valence-electron chi connectivity index (χ2n) is 4.01. The zero-order chi connectivity index (χ0) is 13.4. The molecule has 0 aliphatic rings. The van der Waals surface area contributed by atoms with Crippen LogP contribution in [-0.2, 0) is 6.54 Å². The van der Waals surface area contributed by atoms with Crippen molar-refractivity contribution in [3.8, 4) is 0 Å². The summed E-state index contributed by atoms with van der Waals surface area (Å²) in [6.45, 7) is 0.452. The van der Waals surface area contributed by atoms with Gasteiger partial charge < -0.3 is 9.55 Å².